The molecule has 0 aromatic heterocycles. The van der Waals surface area contributed by atoms with Gasteiger partial charge in [0.1, 0.15) is 23.9 Å². The predicted molar refractivity (Wildman–Crippen MR) is 149 cm³/mol. The number of nitriles is 1. The Kier molecular flexibility index (Phi) is 8.75. The van der Waals surface area contributed by atoms with Crippen LogP contribution >= 0.6 is 0 Å². The second-order valence-electron chi connectivity index (χ2n) is 12.1. The first kappa shape index (κ1) is 29.6. The van der Waals surface area contributed by atoms with E-state index in [0.29, 0.717) is 5.57 Å². The Bertz CT molecular complexity index is 1030. The van der Waals surface area contributed by atoms with Crippen molar-refractivity contribution >= 4 is 17.1 Å². The summed E-state index contributed by atoms with van der Waals surface area (Å²) in [5.74, 6) is 0. The van der Waals surface area contributed by atoms with Crippen LogP contribution in [0.2, 0.25) is 22.2 Å². The van der Waals surface area contributed by atoms with Crippen molar-refractivity contribution in [2.24, 2.45) is 0 Å². The topological polar surface area (TPSA) is 102 Å². The van der Waals surface area contributed by atoms with Gasteiger partial charge in [-0.3, -0.25) is 4.84 Å². The second kappa shape index (κ2) is 11.2. The van der Waals surface area contributed by atoms with Crippen molar-refractivity contribution in [3.8, 4) is 6.07 Å². The molecule has 5 atom stereocenters. The third-order valence-electron chi connectivity index (χ3n) is 8.36. The Balaban J connectivity index is 1.86. The zero-order chi connectivity index (χ0) is 27.9. The van der Waals surface area contributed by atoms with E-state index >= 15 is 0 Å². The van der Waals surface area contributed by atoms with Crippen molar-refractivity contribution < 1.29 is 27.6 Å². The smallest absolute Gasteiger partial charge is 0.335 e. The van der Waals surface area contributed by atoms with Crippen LogP contribution in [0.4, 0.5) is 0 Å². The van der Waals surface area contributed by atoms with Gasteiger partial charge in [-0.25, -0.2) is 0 Å². The highest BCUT2D eigenvalue weighted by Gasteiger charge is 2.67. The van der Waals surface area contributed by atoms with Crippen LogP contribution in [-0.2, 0) is 29.1 Å². The third-order valence-corrected chi connectivity index (χ3v) is 18.6. The summed E-state index contributed by atoms with van der Waals surface area (Å²) in [6.45, 7) is 17.6. The highest BCUT2D eigenvalue weighted by Crippen LogP contribution is 2.53. The van der Waals surface area contributed by atoms with E-state index in [4.69, 9.17) is 22.5 Å². The summed E-state index contributed by atoms with van der Waals surface area (Å²) in [7, 11) is -5.86. The number of nitrogens with one attached hydrogen (secondary N) is 1. The molecule has 38 heavy (non-hydrogen) atoms. The number of aliphatic hydroxyl groups excluding tert-OH is 1. The minimum absolute atomic E-state index is 0.0841. The van der Waals surface area contributed by atoms with Gasteiger partial charge in [0.05, 0.1) is 18.2 Å². The molecule has 1 aromatic rings. The lowest BCUT2D eigenvalue weighted by Crippen LogP contribution is -2.66. The van der Waals surface area contributed by atoms with E-state index in [9.17, 15) is 10.4 Å². The summed E-state index contributed by atoms with van der Waals surface area (Å²) in [5.41, 5.74) is 4.00. The molecule has 5 rings (SSSR count). The lowest BCUT2D eigenvalue weighted by atomic mass is 9.75. The third kappa shape index (κ3) is 4.98. The van der Waals surface area contributed by atoms with Crippen LogP contribution in [0.1, 0.15) is 67.4 Å². The van der Waals surface area contributed by atoms with E-state index < -0.39 is 47.3 Å². The second-order valence-corrected chi connectivity index (χ2v) is 20.9. The molecule has 210 valence electrons. The molecule has 1 aliphatic carbocycles. The van der Waals surface area contributed by atoms with Crippen molar-refractivity contribution in [1.82, 2.24) is 5.48 Å². The van der Waals surface area contributed by atoms with Crippen LogP contribution in [0.3, 0.4) is 0 Å². The van der Waals surface area contributed by atoms with Gasteiger partial charge in [0.25, 0.3) is 0 Å². The summed E-state index contributed by atoms with van der Waals surface area (Å²) >= 11 is 0. The maximum Gasteiger partial charge on any atom is 0.335 e. The molecular weight excluding hydrogens is 516 g/mol. The van der Waals surface area contributed by atoms with Gasteiger partial charge < -0.3 is 22.8 Å². The molecule has 2 N–H and O–H groups in total. The standard InChI is InChI=1S/C28H44N2O6Si2/c1-18(2)37(19(3)4)34-26-24-14-23(16-29)28(15-25(31)33-24,30-32-17-22-12-10-9-11-13-22)27(26)35-38(36-37,20(5)6)21(7)8/h9-14,18-21,24-27,30-31H,15,17H2,1-8H3/t24?,25-,26-,27?,28?/m1/s1. The summed E-state index contributed by atoms with van der Waals surface area (Å²) < 4.78 is 27.9. The van der Waals surface area contributed by atoms with Crippen molar-refractivity contribution in [2.75, 3.05) is 0 Å². The fraction of sp³-hybridized carbons (Fsp3) is 0.679. The number of fused-ring (bicyclic) bond motifs is 2. The number of ether oxygens (including phenoxy) is 1. The largest absolute Gasteiger partial charge is 0.414 e. The van der Waals surface area contributed by atoms with E-state index in [-0.39, 0.29) is 35.2 Å². The van der Waals surface area contributed by atoms with E-state index in [1.54, 1.807) is 6.08 Å². The number of hydrogen-bond acceptors (Lipinski definition) is 8. The van der Waals surface area contributed by atoms with Gasteiger partial charge in [0.15, 0.2) is 6.29 Å². The number of aliphatic hydroxyl groups is 1. The molecule has 0 saturated carbocycles. The normalized spacial score (nSPS) is 32.2. The molecule has 0 spiro atoms. The number of rotatable bonds is 8. The first-order valence-electron chi connectivity index (χ1n) is 13.9. The fourth-order valence-corrected chi connectivity index (χ4v) is 17.7. The average Bonchev–Trinajstić information content (AvgIpc) is 3.17. The molecule has 2 saturated heterocycles. The number of nitrogens with zero attached hydrogens (tertiary/aromatic N) is 1. The Hall–Kier alpha value is -1.40. The maximum absolute atomic E-state index is 11.0. The van der Waals surface area contributed by atoms with Crippen LogP contribution in [-0.4, -0.2) is 52.4 Å². The Morgan fingerprint density at radius 2 is 1.58 bits per heavy atom. The van der Waals surface area contributed by atoms with Crippen LogP contribution in [0.25, 0.3) is 0 Å². The molecule has 3 aliphatic heterocycles. The Labute approximate surface area is 229 Å². The van der Waals surface area contributed by atoms with Crippen molar-refractivity contribution in [3.63, 3.8) is 0 Å². The van der Waals surface area contributed by atoms with Crippen molar-refractivity contribution in [1.29, 1.82) is 5.26 Å². The van der Waals surface area contributed by atoms with Gasteiger partial charge in [-0.15, -0.1) is 0 Å². The molecule has 1 aromatic carbocycles. The first-order chi connectivity index (χ1) is 17.9. The van der Waals surface area contributed by atoms with Crippen LogP contribution in [0.5, 0.6) is 0 Å². The van der Waals surface area contributed by atoms with E-state index in [2.05, 4.69) is 66.9 Å². The van der Waals surface area contributed by atoms with Gasteiger partial charge in [-0.2, -0.15) is 10.7 Å². The van der Waals surface area contributed by atoms with Crippen molar-refractivity contribution in [3.05, 3.63) is 47.5 Å². The zero-order valence-corrected chi connectivity index (χ0v) is 25.9. The summed E-state index contributed by atoms with van der Waals surface area (Å²) in [6, 6.07) is 12.2. The quantitative estimate of drug-likeness (QED) is 0.324. The highest BCUT2D eigenvalue weighted by atomic mass is 28.5. The SMILES string of the molecule is CC(C)[Si]1(C(C)C)OC2[C@H](O[Si](C(C)C)(C(C)C)O1)C1C=C(C#N)C2(NOCc2ccccc2)C[C@H](O)O1. The Morgan fingerprint density at radius 1 is 1.00 bits per heavy atom. The van der Waals surface area contributed by atoms with Crippen LogP contribution in [0.15, 0.2) is 42.0 Å². The average molecular weight is 561 g/mol. The molecule has 3 heterocycles. The van der Waals surface area contributed by atoms with Gasteiger partial charge in [0.2, 0.25) is 0 Å². The fourth-order valence-electron chi connectivity index (χ4n) is 6.33. The number of hydroxylamine groups is 1. The molecule has 2 fully saturated rings. The van der Waals surface area contributed by atoms with Gasteiger partial charge in [-0.05, 0) is 33.8 Å². The molecule has 4 aliphatic rings. The lowest BCUT2D eigenvalue weighted by Gasteiger charge is -2.48. The summed E-state index contributed by atoms with van der Waals surface area (Å²) in [5, 5.41) is 21.3. The van der Waals surface area contributed by atoms with Crippen LogP contribution < -0.4 is 5.48 Å². The zero-order valence-electron chi connectivity index (χ0n) is 23.9. The first-order valence-corrected chi connectivity index (χ1v) is 17.8. The summed E-state index contributed by atoms with van der Waals surface area (Å²) in [6.07, 6.45) is -1.13. The lowest BCUT2D eigenvalue weighted by molar-refractivity contribution is -0.141. The number of hydrogen-bond donors (Lipinski definition) is 2. The molecule has 2 bridgehead atoms. The molecule has 3 unspecified atom stereocenters. The highest BCUT2D eigenvalue weighted by molar-refractivity contribution is 6.84. The van der Waals surface area contributed by atoms with E-state index in [1.807, 2.05) is 30.3 Å². The predicted octanol–water partition coefficient (Wildman–Crippen LogP) is 5.34. The summed E-state index contributed by atoms with van der Waals surface area (Å²) in [4.78, 5) is 6.08. The van der Waals surface area contributed by atoms with Crippen molar-refractivity contribution in [2.45, 2.75) is 121 Å². The van der Waals surface area contributed by atoms with E-state index in [0.717, 1.165) is 5.56 Å². The molecule has 0 radical (unpaired) electrons. The van der Waals surface area contributed by atoms with E-state index in [1.165, 1.54) is 0 Å². The van der Waals surface area contributed by atoms with Gasteiger partial charge in [-0.1, -0.05) is 85.7 Å². The number of benzene rings is 1. The monoisotopic (exact) mass is 560 g/mol. The molecule has 10 heteroatoms. The maximum atomic E-state index is 11.0. The van der Waals surface area contributed by atoms with Crippen LogP contribution in [0, 0.1) is 11.3 Å². The Morgan fingerprint density at radius 3 is 2.13 bits per heavy atom. The molecule has 8 nitrogen and oxygen atoms in total. The minimum atomic E-state index is -2.96. The molecule has 0 amide bonds. The van der Waals surface area contributed by atoms with Gasteiger partial charge in [0, 0.05) is 6.42 Å². The molecular formula is C28H44N2O6Si2. The minimum Gasteiger partial charge on any atom is -0.414 e. The van der Waals surface area contributed by atoms with Gasteiger partial charge >= 0.3 is 17.1 Å².